The zero-order chi connectivity index (χ0) is 12.4. The van der Waals surface area contributed by atoms with Gasteiger partial charge in [-0.1, -0.05) is 36.4 Å². The van der Waals surface area contributed by atoms with E-state index in [4.69, 9.17) is 12.2 Å². The Kier molecular flexibility index (Phi) is 3.24. The van der Waals surface area contributed by atoms with E-state index in [1.165, 1.54) is 0 Å². The van der Waals surface area contributed by atoms with Crippen molar-refractivity contribution < 1.29 is 4.79 Å². The third-order valence-electron chi connectivity index (χ3n) is 2.85. The lowest BCUT2D eigenvalue weighted by Gasteiger charge is -2.19. The first-order valence-corrected chi connectivity index (χ1v) is 5.87. The van der Waals surface area contributed by atoms with Gasteiger partial charge in [-0.25, -0.2) is 0 Å². The van der Waals surface area contributed by atoms with Gasteiger partial charge in [0.1, 0.15) is 6.04 Å². The molecule has 0 aromatic heterocycles. The number of benzene rings is 1. The third-order valence-corrected chi connectivity index (χ3v) is 3.17. The number of rotatable bonds is 3. The zero-order valence-electron chi connectivity index (χ0n) is 9.59. The highest BCUT2D eigenvalue weighted by Gasteiger charge is 2.37. The summed E-state index contributed by atoms with van der Waals surface area (Å²) in [5.41, 5.74) is 0.929. The predicted molar refractivity (Wildman–Crippen MR) is 71.4 cm³/mol. The molecule has 0 radical (unpaired) electrons. The molecule has 4 heteroatoms. The van der Waals surface area contributed by atoms with Crippen LogP contribution in [0.25, 0.3) is 0 Å². The van der Waals surface area contributed by atoms with E-state index >= 15 is 0 Å². The maximum atomic E-state index is 12.2. The van der Waals surface area contributed by atoms with Gasteiger partial charge >= 0.3 is 0 Å². The van der Waals surface area contributed by atoms with Gasteiger partial charge in [0, 0.05) is 0 Å². The van der Waals surface area contributed by atoms with Crippen molar-refractivity contribution in [2.75, 3.05) is 0 Å². The topological polar surface area (TPSA) is 32.3 Å². The van der Waals surface area contributed by atoms with Gasteiger partial charge in [-0.3, -0.25) is 9.69 Å². The Labute approximate surface area is 106 Å². The van der Waals surface area contributed by atoms with Crippen molar-refractivity contribution >= 4 is 23.2 Å². The van der Waals surface area contributed by atoms with Crippen LogP contribution in [0.1, 0.15) is 18.5 Å². The average molecular weight is 246 g/mol. The van der Waals surface area contributed by atoms with Crippen LogP contribution >= 0.6 is 12.2 Å². The van der Waals surface area contributed by atoms with Crippen LogP contribution in [0.3, 0.4) is 0 Å². The highest BCUT2D eigenvalue weighted by Crippen LogP contribution is 2.23. The molecular weight excluding hydrogens is 232 g/mol. The minimum absolute atomic E-state index is 0.0198. The molecule has 88 valence electrons. The molecule has 0 bridgehead atoms. The normalized spacial score (nSPS) is 21.2. The van der Waals surface area contributed by atoms with E-state index in [0.29, 0.717) is 5.11 Å². The van der Waals surface area contributed by atoms with E-state index in [1.54, 1.807) is 11.0 Å². The Morgan fingerprint density at radius 2 is 2.12 bits per heavy atom. The Morgan fingerprint density at radius 3 is 2.71 bits per heavy atom. The summed E-state index contributed by atoms with van der Waals surface area (Å²) in [5.74, 6) is -0.0198. The quantitative estimate of drug-likeness (QED) is 0.654. The van der Waals surface area contributed by atoms with Gasteiger partial charge in [-0.2, -0.15) is 0 Å². The monoisotopic (exact) mass is 246 g/mol. The van der Waals surface area contributed by atoms with Crippen molar-refractivity contribution in [1.29, 1.82) is 0 Å². The van der Waals surface area contributed by atoms with E-state index in [2.05, 4.69) is 11.9 Å². The largest absolute Gasteiger partial charge is 0.347 e. The van der Waals surface area contributed by atoms with Crippen LogP contribution in [0.5, 0.6) is 0 Å². The van der Waals surface area contributed by atoms with Crippen molar-refractivity contribution in [3.8, 4) is 0 Å². The van der Waals surface area contributed by atoms with E-state index in [1.807, 2.05) is 37.3 Å². The zero-order valence-corrected chi connectivity index (χ0v) is 10.4. The maximum absolute atomic E-state index is 12.2. The van der Waals surface area contributed by atoms with Crippen molar-refractivity contribution in [3.05, 3.63) is 48.6 Å². The Balaban J connectivity index is 2.28. The van der Waals surface area contributed by atoms with Crippen LogP contribution in [-0.4, -0.2) is 22.0 Å². The summed E-state index contributed by atoms with van der Waals surface area (Å²) in [7, 11) is 0. The van der Waals surface area contributed by atoms with Crippen LogP contribution in [0.15, 0.2) is 43.0 Å². The van der Waals surface area contributed by atoms with Crippen molar-refractivity contribution in [1.82, 2.24) is 10.2 Å². The Morgan fingerprint density at radius 1 is 1.47 bits per heavy atom. The molecule has 2 unspecified atom stereocenters. The number of carbonyl (C=O) groups excluding carboxylic acids is 1. The molecule has 2 rings (SSSR count). The van der Waals surface area contributed by atoms with E-state index in [9.17, 15) is 4.79 Å². The summed E-state index contributed by atoms with van der Waals surface area (Å²) in [6.45, 7) is 5.59. The van der Waals surface area contributed by atoms with Gasteiger partial charge < -0.3 is 5.32 Å². The molecule has 1 N–H and O–H groups in total. The standard InChI is InChI=1S/C13H14N2OS/c1-3-9(2)15-12(16)11(14-13(15)17)10-7-5-4-6-8-10/h3-9,11H,1H2,2H3,(H,14,17). The van der Waals surface area contributed by atoms with Gasteiger partial charge in [0.05, 0.1) is 6.04 Å². The highest BCUT2D eigenvalue weighted by molar-refractivity contribution is 7.80. The molecule has 1 aromatic carbocycles. The lowest BCUT2D eigenvalue weighted by molar-refractivity contribution is -0.127. The van der Waals surface area contributed by atoms with Crippen LogP contribution in [-0.2, 0) is 4.79 Å². The summed E-state index contributed by atoms with van der Waals surface area (Å²) in [6.07, 6.45) is 1.71. The molecule has 17 heavy (non-hydrogen) atoms. The molecule has 0 aliphatic carbocycles. The molecule has 1 aliphatic heterocycles. The van der Waals surface area contributed by atoms with E-state index in [-0.39, 0.29) is 18.0 Å². The molecule has 1 saturated heterocycles. The second-order valence-corrected chi connectivity index (χ2v) is 4.36. The molecular formula is C13H14N2OS. The van der Waals surface area contributed by atoms with Crippen molar-refractivity contribution in [3.63, 3.8) is 0 Å². The predicted octanol–water partition coefficient (Wildman–Crippen LogP) is 2.02. The number of amides is 1. The molecule has 1 amide bonds. The summed E-state index contributed by atoms with van der Waals surface area (Å²) < 4.78 is 0. The van der Waals surface area contributed by atoms with E-state index in [0.717, 1.165) is 5.56 Å². The fourth-order valence-corrected chi connectivity index (χ4v) is 2.23. The number of hydrogen-bond donors (Lipinski definition) is 1. The molecule has 3 nitrogen and oxygen atoms in total. The number of thiocarbonyl (C=S) groups is 1. The number of nitrogens with zero attached hydrogens (tertiary/aromatic N) is 1. The van der Waals surface area contributed by atoms with Crippen molar-refractivity contribution in [2.24, 2.45) is 0 Å². The fourth-order valence-electron chi connectivity index (χ4n) is 1.86. The van der Waals surface area contributed by atoms with Gasteiger partial charge in [-0.15, -0.1) is 6.58 Å². The van der Waals surface area contributed by atoms with Crippen molar-refractivity contribution in [2.45, 2.75) is 19.0 Å². The highest BCUT2D eigenvalue weighted by atomic mass is 32.1. The molecule has 1 heterocycles. The Hall–Kier alpha value is -1.68. The van der Waals surface area contributed by atoms with Crippen LogP contribution in [0, 0.1) is 0 Å². The van der Waals surface area contributed by atoms with Crippen LogP contribution in [0.2, 0.25) is 0 Å². The van der Waals surface area contributed by atoms with Gasteiger partial charge in [0.25, 0.3) is 5.91 Å². The second-order valence-electron chi connectivity index (χ2n) is 3.98. The molecule has 1 fully saturated rings. The number of hydrogen-bond acceptors (Lipinski definition) is 2. The Bertz CT molecular complexity index is 458. The minimum Gasteiger partial charge on any atom is -0.347 e. The fraction of sp³-hybridized carbons (Fsp3) is 0.231. The second kappa shape index (κ2) is 4.67. The minimum atomic E-state index is -0.369. The SMILES string of the molecule is C=CC(C)N1C(=O)C(c2ccccc2)NC1=S. The van der Waals surface area contributed by atoms with Gasteiger partial charge in [0.15, 0.2) is 5.11 Å². The van der Waals surface area contributed by atoms with Gasteiger partial charge in [0.2, 0.25) is 0 Å². The third kappa shape index (κ3) is 2.08. The summed E-state index contributed by atoms with van der Waals surface area (Å²) in [5, 5.41) is 3.51. The first-order chi connectivity index (χ1) is 8.15. The molecule has 1 aromatic rings. The van der Waals surface area contributed by atoms with E-state index < -0.39 is 0 Å². The number of carbonyl (C=O) groups is 1. The maximum Gasteiger partial charge on any atom is 0.256 e. The van der Waals surface area contributed by atoms with Crippen LogP contribution in [0.4, 0.5) is 0 Å². The van der Waals surface area contributed by atoms with Crippen LogP contribution < -0.4 is 5.32 Å². The number of nitrogens with one attached hydrogen (secondary N) is 1. The van der Waals surface area contributed by atoms with Gasteiger partial charge in [-0.05, 0) is 24.7 Å². The lowest BCUT2D eigenvalue weighted by Crippen LogP contribution is -2.37. The molecule has 1 aliphatic rings. The lowest BCUT2D eigenvalue weighted by atomic mass is 10.1. The molecule has 0 saturated carbocycles. The molecule has 0 spiro atoms. The molecule has 2 atom stereocenters. The summed E-state index contributed by atoms with van der Waals surface area (Å²) in [6, 6.07) is 9.12. The average Bonchev–Trinajstić information content (AvgIpc) is 2.65. The first-order valence-electron chi connectivity index (χ1n) is 5.46. The first kappa shape index (κ1) is 11.8. The summed E-state index contributed by atoms with van der Waals surface area (Å²) in [4.78, 5) is 13.8. The smallest absolute Gasteiger partial charge is 0.256 e. The summed E-state index contributed by atoms with van der Waals surface area (Å²) >= 11 is 5.18.